The molecule has 2 aromatic rings. The molecule has 0 aromatic heterocycles. The molecule has 2 aromatic carbocycles. The zero-order chi connectivity index (χ0) is 15.2. The van der Waals surface area contributed by atoms with Crippen LogP contribution >= 0.6 is 0 Å². The number of rotatable bonds is 5. The van der Waals surface area contributed by atoms with Gasteiger partial charge in [0.05, 0.1) is 6.61 Å². The first kappa shape index (κ1) is 15.0. The number of benzene rings is 2. The third-order valence-corrected chi connectivity index (χ3v) is 4.12. The van der Waals surface area contributed by atoms with Crippen LogP contribution in [0.2, 0.25) is 0 Å². The van der Waals surface area contributed by atoms with Crippen LogP contribution in [0.15, 0.2) is 42.5 Å². The first-order valence-electron chi connectivity index (χ1n) is 7.95. The van der Waals surface area contributed by atoms with E-state index in [0.29, 0.717) is 18.4 Å². The summed E-state index contributed by atoms with van der Waals surface area (Å²) in [6, 6.07) is 16.1. The maximum atomic E-state index is 14.2. The molecular weight excluding hydrogens is 277 g/mol. The summed E-state index contributed by atoms with van der Waals surface area (Å²) in [5.41, 5.74) is 1.84. The number of halogens is 1. The van der Waals surface area contributed by atoms with E-state index in [1.807, 2.05) is 30.3 Å². The lowest BCUT2D eigenvalue weighted by atomic mass is 10.0. The molecule has 0 amide bonds. The van der Waals surface area contributed by atoms with Crippen LogP contribution in [-0.4, -0.2) is 19.2 Å². The molecule has 1 radical (unpaired) electrons. The normalized spacial score (nSPS) is 18.1. The van der Waals surface area contributed by atoms with Crippen molar-refractivity contribution in [1.82, 2.24) is 5.32 Å². The van der Waals surface area contributed by atoms with Gasteiger partial charge in [-0.05, 0) is 55.1 Å². The van der Waals surface area contributed by atoms with Gasteiger partial charge < -0.3 is 10.1 Å². The summed E-state index contributed by atoms with van der Waals surface area (Å²) in [6.07, 6.45) is 4.64. The Morgan fingerprint density at radius 3 is 2.73 bits per heavy atom. The summed E-state index contributed by atoms with van der Waals surface area (Å²) in [4.78, 5) is 0. The van der Waals surface area contributed by atoms with Crippen molar-refractivity contribution >= 4 is 0 Å². The van der Waals surface area contributed by atoms with E-state index in [1.54, 1.807) is 6.07 Å². The fourth-order valence-electron chi connectivity index (χ4n) is 2.86. The van der Waals surface area contributed by atoms with E-state index >= 15 is 0 Å². The Morgan fingerprint density at radius 2 is 2.00 bits per heavy atom. The summed E-state index contributed by atoms with van der Waals surface area (Å²) < 4.78 is 19.8. The number of hydrogen-bond acceptors (Lipinski definition) is 2. The SMILES string of the molecule is Fc1cc(-c2cc[c]cc2)ccc1OCCC1CCCCN1. The molecular formula is C19H21FNO. The summed E-state index contributed by atoms with van der Waals surface area (Å²) in [6.45, 7) is 1.64. The standard InChI is InChI=1S/C19H21FNO/c20-18-14-16(15-6-2-1-3-7-15)9-10-19(18)22-13-11-17-8-4-5-12-21-17/h2-3,6-7,9-10,14,17,21H,4-5,8,11-13H2. The summed E-state index contributed by atoms with van der Waals surface area (Å²) in [7, 11) is 0. The zero-order valence-electron chi connectivity index (χ0n) is 12.6. The van der Waals surface area contributed by atoms with E-state index in [0.717, 1.165) is 24.1 Å². The van der Waals surface area contributed by atoms with Crippen LogP contribution in [0.25, 0.3) is 11.1 Å². The fourth-order valence-corrected chi connectivity index (χ4v) is 2.86. The fraction of sp³-hybridized carbons (Fsp3) is 0.368. The lowest BCUT2D eigenvalue weighted by Crippen LogP contribution is -2.35. The molecule has 1 aliphatic rings. The van der Waals surface area contributed by atoms with Gasteiger partial charge in [0.15, 0.2) is 11.6 Å². The Labute approximate surface area is 131 Å². The maximum Gasteiger partial charge on any atom is 0.165 e. The Balaban J connectivity index is 1.58. The van der Waals surface area contributed by atoms with Crippen LogP contribution < -0.4 is 10.1 Å². The highest BCUT2D eigenvalue weighted by Crippen LogP contribution is 2.25. The average molecular weight is 298 g/mol. The Hall–Kier alpha value is -1.87. The third kappa shape index (κ3) is 3.86. The van der Waals surface area contributed by atoms with Gasteiger partial charge in [0.2, 0.25) is 0 Å². The molecule has 3 rings (SSSR count). The van der Waals surface area contributed by atoms with Crippen molar-refractivity contribution in [3.63, 3.8) is 0 Å². The van der Waals surface area contributed by atoms with E-state index in [1.165, 1.54) is 25.3 Å². The van der Waals surface area contributed by atoms with Crippen molar-refractivity contribution in [2.45, 2.75) is 31.7 Å². The molecule has 0 spiro atoms. The molecule has 1 saturated heterocycles. The van der Waals surface area contributed by atoms with Gasteiger partial charge in [0, 0.05) is 6.04 Å². The van der Waals surface area contributed by atoms with Crippen LogP contribution in [0, 0.1) is 11.9 Å². The largest absolute Gasteiger partial charge is 0.490 e. The van der Waals surface area contributed by atoms with Crippen LogP contribution in [0.5, 0.6) is 5.75 Å². The first-order valence-corrected chi connectivity index (χ1v) is 7.95. The average Bonchev–Trinajstić information content (AvgIpc) is 2.58. The maximum absolute atomic E-state index is 14.2. The van der Waals surface area contributed by atoms with Crippen LogP contribution in [0.3, 0.4) is 0 Å². The van der Waals surface area contributed by atoms with Crippen LogP contribution in [0.1, 0.15) is 25.7 Å². The topological polar surface area (TPSA) is 21.3 Å². The van der Waals surface area contributed by atoms with E-state index in [-0.39, 0.29) is 5.82 Å². The van der Waals surface area contributed by atoms with Gasteiger partial charge in [-0.25, -0.2) is 4.39 Å². The van der Waals surface area contributed by atoms with Crippen LogP contribution in [0.4, 0.5) is 4.39 Å². The Bertz CT molecular complexity index is 594. The van der Waals surface area contributed by atoms with E-state index in [2.05, 4.69) is 11.4 Å². The summed E-state index contributed by atoms with van der Waals surface area (Å²) in [5, 5.41) is 3.47. The molecule has 0 saturated carbocycles. The zero-order valence-corrected chi connectivity index (χ0v) is 12.6. The second-order valence-electron chi connectivity index (χ2n) is 5.72. The molecule has 1 heterocycles. The van der Waals surface area contributed by atoms with Crippen molar-refractivity contribution in [2.75, 3.05) is 13.2 Å². The molecule has 3 heteroatoms. The Morgan fingerprint density at radius 1 is 1.14 bits per heavy atom. The van der Waals surface area contributed by atoms with Gasteiger partial charge in [-0.1, -0.05) is 36.8 Å². The first-order chi connectivity index (χ1) is 10.8. The molecule has 2 nitrogen and oxygen atoms in total. The molecule has 1 unspecified atom stereocenters. The third-order valence-electron chi connectivity index (χ3n) is 4.12. The predicted molar refractivity (Wildman–Crippen MR) is 86.4 cm³/mol. The minimum atomic E-state index is -0.304. The van der Waals surface area contributed by atoms with Crippen LogP contribution in [-0.2, 0) is 0 Å². The van der Waals surface area contributed by atoms with Crippen molar-refractivity contribution in [3.05, 3.63) is 54.3 Å². The van der Waals surface area contributed by atoms with E-state index in [9.17, 15) is 4.39 Å². The monoisotopic (exact) mass is 298 g/mol. The molecule has 1 fully saturated rings. The number of piperidine rings is 1. The lowest BCUT2D eigenvalue weighted by molar-refractivity contribution is 0.259. The van der Waals surface area contributed by atoms with E-state index in [4.69, 9.17) is 4.74 Å². The number of hydrogen-bond donors (Lipinski definition) is 1. The second kappa shape index (κ2) is 7.41. The van der Waals surface area contributed by atoms with Crippen molar-refractivity contribution < 1.29 is 9.13 Å². The Kier molecular flexibility index (Phi) is 5.07. The van der Waals surface area contributed by atoms with Gasteiger partial charge in [-0.2, -0.15) is 0 Å². The number of nitrogens with one attached hydrogen (secondary N) is 1. The smallest absolute Gasteiger partial charge is 0.165 e. The molecule has 1 N–H and O–H groups in total. The van der Waals surface area contributed by atoms with Crippen molar-refractivity contribution in [3.8, 4) is 16.9 Å². The molecule has 0 aliphatic carbocycles. The van der Waals surface area contributed by atoms with Gasteiger partial charge in [-0.15, -0.1) is 0 Å². The molecule has 115 valence electrons. The molecule has 0 bridgehead atoms. The highest BCUT2D eigenvalue weighted by Gasteiger charge is 2.13. The van der Waals surface area contributed by atoms with E-state index < -0.39 is 0 Å². The molecule has 1 atom stereocenters. The highest BCUT2D eigenvalue weighted by atomic mass is 19.1. The lowest BCUT2D eigenvalue weighted by Gasteiger charge is -2.23. The predicted octanol–water partition coefficient (Wildman–Crippen LogP) is 4.20. The summed E-state index contributed by atoms with van der Waals surface area (Å²) >= 11 is 0. The van der Waals surface area contributed by atoms with Gasteiger partial charge >= 0.3 is 0 Å². The molecule has 1 aliphatic heterocycles. The van der Waals surface area contributed by atoms with Crippen molar-refractivity contribution in [2.24, 2.45) is 0 Å². The second-order valence-corrected chi connectivity index (χ2v) is 5.72. The van der Waals surface area contributed by atoms with Gasteiger partial charge in [0.25, 0.3) is 0 Å². The minimum absolute atomic E-state index is 0.304. The number of ether oxygens (including phenoxy) is 1. The van der Waals surface area contributed by atoms with Crippen molar-refractivity contribution in [1.29, 1.82) is 0 Å². The molecule has 22 heavy (non-hydrogen) atoms. The van der Waals surface area contributed by atoms with Gasteiger partial charge in [-0.3, -0.25) is 0 Å². The highest BCUT2D eigenvalue weighted by molar-refractivity contribution is 5.64. The minimum Gasteiger partial charge on any atom is -0.490 e. The quantitative estimate of drug-likeness (QED) is 0.893. The van der Waals surface area contributed by atoms with Gasteiger partial charge in [0.1, 0.15) is 0 Å². The summed E-state index contributed by atoms with van der Waals surface area (Å²) in [5.74, 6) is 0.0315.